The van der Waals surface area contributed by atoms with Crippen LogP contribution in [0.15, 0.2) is 18.2 Å². The normalized spacial score (nSPS) is 10.1. The second-order valence-corrected chi connectivity index (χ2v) is 4.15. The van der Waals surface area contributed by atoms with Gasteiger partial charge in [0, 0.05) is 11.6 Å². The summed E-state index contributed by atoms with van der Waals surface area (Å²) in [6, 6.07) is 3.72. The van der Waals surface area contributed by atoms with E-state index in [0.717, 1.165) is 25.3 Å². The molecule has 0 heterocycles. The van der Waals surface area contributed by atoms with Crippen LogP contribution in [0.3, 0.4) is 0 Å². The van der Waals surface area contributed by atoms with E-state index in [1.807, 2.05) is 0 Å². The summed E-state index contributed by atoms with van der Waals surface area (Å²) in [5.41, 5.74) is 0.127. The van der Waals surface area contributed by atoms with Crippen molar-refractivity contribution in [1.82, 2.24) is 5.32 Å². The lowest BCUT2D eigenvalue weighted by Gasteiger charge is -2.08. The Morgan fingerprint density at radius 3 is 2.82 bits per heavy atom. The smallest absolute Gasteiger partial charge is 0.319 e. The molecule has 5 heteroatoms. The van der Waals surface area contributed by atoms with Crippen LogP contribution in [0.25, 0.3) is 0 Å². The molecule has 0 saturated heterocycles. The van der Waals surface area contributed by atoms with Gasteiger partial charge in [0.2, 0.25) is 0 Å². The van der Waals surface area contributed by atoms with Gasteiger partial charge in [-0.2, -0.15) is 0 Å². The van der Waals surface area contributed by atoms with E-state index in [-0.39, 0.29) is 5.69 Å². The number of carbonyl (C=O) groups is 1. The maximum absolute atomic E-state index is 13.3. The molecule has 0 aliphatic carbocycles. The van der Waals surface area contributed by atoms with Gasteiger partial charge in [0.1, 0.15) is 5.82 Å². The van der Waals surface area contributed by atoms with Gasteiger partial charge in [0.15, 0.2) is 0 Å². The quantitative estimate of drug-likeness (QED) is 0.775. The van der Waals surface area contributed by atoms with Gasteiger partial charge in [-0.3, -0.25) is 0 Å². The highest BCUT2D eigenvalue weighted by atomic mass is 35.5. The molecular weight excluding hydrogens is 243 g/mol. The molecule has 0 aromatic heterocycles. The second-order valence-electron chi connectivity index (χ2n) is 3.71. The maximum atomic E-state index is 13.3. The minimum Gasteiger partial charge on any atom is -0.338 e. The molecule has 1 rings (SSSR count). The van der Waals surface area contributed by atoms with Crippen LogP contribution < -0.4 is 10.6 Å². The standard InChI is InChI=1S/C12H16ClFN2O/c1-2-3-4-7-15-12(17)16-11-6-5-9(13)8-10(11)14/h5-6,8H,2-4,7H2,1H3,(H2,15,16,17). The predicted octanol–water partition coefficient (Wildman–Crippen LogP) is 3.79. The first-order valence-electron chi connectivity index (χ1n) is 5.63. The summed E-state index contributed by atoms with van der Waals surface area (Å²) in [5, 5.41) is 5.39. The number of carbonyl (C=O) groups excluding carboxylic acids is 1. The number of amides is 2. The zero-order valence-corrected chi connectivity index (χ0v) is 10.5. The van der Waals surface area contributed by atoms with Crippen LogP contribution in [-0.2, 0) is 0 Å². The molecule has 3 nitrogen and oxygen atoms in total. The first-order chi connectivity index (χ1) is 8.13. The van der Waals surface area contributed by atoms with Crippen LogP contribution in [0.2, 0.25) is 5.02 Å². The third kappa shape index (κ3) is 5.04. The number of rotatable bonds is 5. The number of nitrogens with one attached hydrogen (secondary N) is 2. The third-order valence-corrected chi connectivity index (χ3v) is 2.48. The summed E-state index contributed by atoms with van der Waals surface area (Å²) < 4.78 is 13.3. The van der Waals surface area contributed by atoms with E-state index in [2.05, 4.69) is 17.6 Å². The van der Waals surface area contributed by atoms with Crippen LogP contribution in [0, 0.1) is 5.82 Å². The van der Waals surface area contributed by atoms with Crippen molar-refractivity contribution in [3.63, 3.8) is 0 Å². The molecule has 0 saturated carbocycles. The molecule has 1 aromatic rings. The van der Waals surface area contributed by atoms with Crippen molar-refractivity contribution in [3.8, 4) is 0 Å². The predicted molar refractivity (Wildman–Crippen MR) is 68.0 cm³/mol. The monoisotopic (exact) mass is 258 g/mol. The summed E-state index contributed by atoms with van der Waals surface area (Å²) in [5.74, 6) is -0.541. The molecule has 0 bridgehead atoms. The Morgan fingerprint density at radius 2 is 2.18 bits per heavy atom. The van der Waals surface area contributed by atoms with Gasteiger partial charge in [-0.1, -0.05) is 31.4 Å². The summed E-state index contributed by atoms with van der Waals surface area (Å²) in [6.07, 6.45) is 3.08. The molecule has 0 aliphatic heterocycles. The fraction of sp³-hybridized carbons (Fsp3) is 0.417. The topological polar surface area (TPSA) is 41.1 Å². The van der Waals surface area contributed by atoms with Crippen molar-refractivity contribution in [2.75, 3.05) is 11.9 Å². The largest absolute Gasteiger partial charge is 0.338 e. The van der Waals surface area contributed by atoms with Gasteiger partial charge < -0.3 is 10.6 Å². The van der Waals surface area contributed by atoms with Crippen LogP contribution in [-0.4, -0.2) is 12.6 Å². The highest BCUT2D eigenvalue weighted by molar-refractivity contribution is 6.30. The molecule has 0 unspecified atom stereocenters. The zero-order valence-electron chi connectivity index (χ0n) is 9.72. The summed E-state index contributed by atoms with van der Waals surface area (Å²) in [4.78, 5) is 11.4. The van der Waals surface area contributed by atoms with E-state index in [9.17, 15) is 9.18 Å². The zero-order chi connectivity index (χ0) is 12.7. The number of anilines is 1. The van der Waals surface area contributed by atoms with Crippen molar-refractivity contribution in [1.29, 1.82) is 0 Å². The van der Waals surface area contributed by atoms with Crippen molar-refractivity contribution in [2.45, 2.75) is 26.2 Å². The number of hydrogen-bond acceptors (Lipinski definition) is 1. The van der Waals surface area contributed by atoms with E-state index in [4.69, 9.17) is 11.6 Å². The molecule has 94 valence electrons. The Morgan fingerprint density at radius 1 is 1.41 bits per heavy atom. The summed E-state index contributed by atoms with van der Waals surface area (Å²) >= 11 is 5.60. The molecular formula is C12H16ClFN2O. The minimum absolute atomic E-state index is 0.127. The van der Waals surface area contributed by atoms with Crippen molar-refractivity contribution in [3.05, 3.63) is 29.0 Å². The Labute approximate surface area is 105 Å². The molecule has 2 amide bonds. The van der Waals surface area contributed by atoms with Crippen LogP contribution in [0.4, 0.5) is 14.9 Å². The third-order valence-electron chi connectivity index (χ3n) is 2.25. The maximum Gasteiger partial charge on any atom is 0.319 e. The molecule has 0 aliphatic rings. The first-order valence-corrected chi connectivity index (χ1v) is 6.01. The Bertz CT molecular complexity index is 385. The molecule has 0 spiro atoms. The van der Waals surface area contributed by atoms with E-state index in [0.29, 0.717) is 11.6 Å². The van der Waals surface area contributed by atoms with Crippen molar-refractivity contribution < 1.29 is 9.18 Å². The van der Waals surface area contributed by atoms with Gasteiger partial charge in [-0.25, -0.2) is 9.18 Å². The van der Waals surface area contributed by atoms with Crippen LogP contribution in [0.1, 0.15) is 26.2 Å². The number of hydrogen-bond donors (Lipinski definition) is 2. The average molecular weight is 259 g/mol. The van der Waals surface area contributed by atoms with Gasteiger partial charge in [0.25, 0.3) is 0 Å². The Balaban J connectivity index is 2.40. The molecule has 0 atom stereocenters. The van der Waals surface area contributed by atoms with Crippen molar-refractivity contribution in [2.24, 2.45) is 0 Å². The molecule has 0 fully saturated rings. The molecule has 2 N–H and O–H groups in total. The lowest BCUT2D eigenvalue weighted by molar-refractivity contribution is 0.252. The average Bonchev–Trinajstić information content (AvgIpc) is 2.28. The number of benzene rings is 1. The molecule has 0 radical (unpaired) electrons. The SMILES string of the molecule is CCCCCNC(=O)Nc1ccc(Cl)cc1F. The lowest BCUT2D eigenvalue weighted by atomic mass is 10.2. The van der Waals surface area contributed by atoms with Crippen LogP contribution in [0.5, 0.6) is 0 Å². The van der Waals surface area contributed by atoms with Crippen LogP contribution >= 0.6 is 11.6 Å². The van der Waals surface area contributed by atoms with E-state index in [1.54, 1.807) is 0 Å². The van der Waals surface area contributed by atoms with Gasteiger partial charge in [-0.15, -0.1) is 0 Å². The Hall–Kier alpha value is -1.29. The highest BCUT2D eigenvalue weighted by Crippen LogP contribution is 2.18. The molecule has 1 aromatic carbocycles. The number of unbranched alkanes of at least 4 members (excludes halogenated alkanes) is 2. The molecule has 17 heavy (non-hydrogen) atoms. The Kier molecular flexibility index (Phi) is 5.77. The van der Waals surface area contributed by atoms with Crippen molar-refractivity contribution >= 4 is 23.3 Å². The summed E-state index contributed by atoms with van der Waals surface area (Å²) in [6.45, 7) is 2.68. The van der Waals surface area contributed by atoms with Gasteiger partial charge in [-0.05, 0) is 24.6 Å². The second kappa shape index (κ2) is 7.12. The number of halogens is 2. The fourth-order valence-electron chi connectivity index (χ4n) is 1.33. The fourth-order valence-corrected chi connectivity index (χ4v) is 1.49. The van der Waals surface area contributed by atoms with Gasteiger partial charge >= 0.3 is 6.03 Å². The van der Waals surface area contributed by atoms with E-state index in [1.165, 1.54) is 12.1 Å². The number of urea groups is 1. The summed E-state index contributed by atoms with van der Waals surface area (Å²) in [7, 11) is 0. The van der Waals surface area contributed by atoms with E-state index < -0.39 is 11.8 Å². The lowest BCUT2D eigenvalue weighted by Crippen LogP contribution is -2.29. The van der Waals surface area contributed by atoms with Gasteiger partial charge in [0.05, 0.1) is 5.69 Å². The van der Waals surface area contributed by atoms with E-state index >= 15 is 0 Å². The first kappa shape index (κ1) is 13.8. The minimum atomic E-state index is -0.541. The highest BCUT2D eigenvalue weighted by Gasteiger charge is 2.06.